The highest BCUT2D eigenvalue weighted by Gasteiger charge is 2.39. The van der Waals surface area contributed by atoms with Crippen molar-refractivity contribution in [3.05, 3.63) is 0 Å². The summed E-state index contributed by atoms with van der Waals surface area (Å²) < 4.78 is 26.5. The third-order valence-corrected chi connectivity index (χ3v) is 5.35. The van der Waals surface area contributed by atoms with Crippen LogP contribution in [0.5, 0.6) is 0 Å². The second-order valence-corrected chi connectivity index (χ2v) is 7.35. The molecule has 1 fully saturated rings. The molecule has 0 atom stereocenters. The van der Waals surface area contributed by atoms with Crippen LogP contribution >= 0.6 is 0 Å². The highest BCUT2D eigenvalue weighted by molar-refractivity contribution is 7.89. The first-order valence-corrected chi connectivity index (χ1v) is 8.36. The van der Waals surface area contributed by atoms with E-state index in [1.54, 1.807) is 0 Å². The summed E-state index contributed by atoms with van der Waals surface area (Å²) in [6, 6.07) is 0. The Labute approximate surface area is 111 Å². The fraction of sp³-hybridized carbons (Fsp3) is 1.00. The van der Waals surface area contributed by atoms with Gasteiger partial charge in [0.1, 0.15) is 0 Å². The van der Waals surface area contributed by atoms with Crippen LogP contribution in [-0.4, -0.2) is 58.8 Å². The van der Waals surface area contributed by atoms with Crippen LogP contribution in [0, 0.1) is 0 Å². The van der Waals surface area contributed by atoms with Gasteiger partial charge in [-0.15, -0.1) is 0 Å². The van der Waals surface area contributed by atoms with Crippen molar-refractivity contribution >= 4 is 10.0 Å². The van der Waals surface area contributed by atoms with Gasteiger partial charge < -0.3 is 10.2 Å². The van der Waals surface area contributed by atoms with Gasteiger partial charge in [0.15, 0.2) is 0 Å². The first kappa shape index (κ1) is 15.9. The predicted octanol–water partition coefficient (Wildman–Crippen LogP) is 0.390. The molecule has 0 heterocycles. The van der Waals surface area contributed by atoms with E-state index in [4.69, 9.17) is 0 Å². The Hall–Kier alpha value is -0.170. The van der Waals surface area contributed by atoms with E-state index in [9.17, 15) is 8.42 Å². The molecule has 0 radical (unpaired) electrons. The Balaban J connectivity index is 2.32. The van der Waals surface area contributed by atoms with Gasteiger partial charge in [-0.25, -0.2) is 13.1 Å². The van der Waals surface area contributed by atoms with Crippen LogP contribution in [-0.2, 0) is 10.0 Å². The zero-order valence-electron chi connectivity index (χ0n) is 11.8. The molecule has 2 N–H and O–H groups in total. The van der Waals surface area contributed by atoms with E-state index in [1.165, 1.54) is 6.42 Å². The normalized spacial score (nSPS) is 18.9. The molecule has 18 heavy (non-hydrogen) atoms. The molecule has 0 aromatic carbocycles. The minimum Gasteiger partial charge on any atom is -0.320 e. The van der Waals surface area contributed by atoms with E-state index in [1.807, 2.05) is 21.1 Å². The van der Waals surface area contributed by atoms with Crippen LogP contribution in [0.15, 0.2) is 0 Å². The summed E-state index contributed by atoms with van der Waals surface area (Å²) in [6.45, 7) is 1.42. The molecule has 0 aromatic rings. The number of hydrogen-bond acceptors (Lipinski definition) is 4. The summed E-state index contributed by atoms with van der Waals surface area (Å²) in [7, 11) is 2.83. The number of rotatable bonds is 9. The van der Waals surface area contributed by atoms with Crippen LogP contribution < -0.4 is 10.0 Å². The lowest BCUT2D eigenvalue weighted by atomic mass is 9.76. The van der Waals surface area contributed by atoms with E-state index in [2.05, 4.69) is 14.9 Å². The van der Waals surface area contributed by atoms with E-state index in [-0.39, 0.29) is 11.3 Å². The largest absolute Gasteiger partial charge is 0.320 e. The molecular weight excluding hydrogens is 250 g/mol. The molecule has 1 aliphatic carbocycles. The van der Waals surface area contributed by atoms with E-state index in [0.717, 1.165) is 25.8 Å². The van der Waals surface area contributed by atoms with Gasteiger partial charge in [-0.2, -0.15) is 0 Å². The van der Waals surface area contributed by atoms with Crippen molar-refractivity contribution in [3.8, 4) is 0 Å². The van der Waals surface area contributed by atoms with Crippen LogP contribution in [0.3, 0.4) is 0 Å². The summed E-state index contributed by atoms with van der Waals surface area (Å²) in [5.74, 6) is 0.234. The summed E-state index contributed by atoms with van der Waals surface area (Å²) in [5, 5.41) is 3.02. The molecule has 0 amide bonds. The molecule has 108 valence electrons. The van der Waals surface area contributed by atoms with Crippen molar-refractivity contribution in [2.45, 2.75) is 37.6 Å². The smallest absolute Gasteiger partial charge is 0.211 e. The van der Waals surface area contributed by atoms with Gasteiger partial charge in [0.25, 0.3) is 0 Å². The maximum absolute atomic E-state index is 11.9. The van der Waals surface area contributed by atoms with Crippen LogP contribution in [0.25, 0.3) is 0 Å². The Morgan fingerprint density at radius 3 is 2.33 bits per heavy atom. The van der Waals surface area contributed by atoms with Crippen LogP contribution in [0.1, 0.15) is 32.1 Å². The molecule has 0 spiro atoms. The molecule has 0 aromatic heterocycles. The maximum Gasteiger partial charge on any atom is 0.211 e. The van der Waals surface area contributed by atoms with Gasteiger partial charge in [0.05, 0.1) is 5.75 Å². The average molecular weight is 277 g/mol. The van der Waals surface area contributed by atoms with Gasteiger partial charge >= 0.3 is 0 Å². The summed E-state index contributed by atoms with van der Waals surface area (Å²) in [5.41, 5.74) is 0.0536. The van der Waals surface area contributed by atoms with E-state index < -0.39 is 10.0 Å². The summed E-state index contributed by atoms with van der Waals surface area (Å²) >= 11 is 0. The number of hydrogen-bond donors (Lipinski definition) is 2. The van der Waals surface area contributed by atoms with Crippen molar-refractivity contribution in [1.29, 1.82) is 0 Å². The molecule has 0 unspecified atom stereocenters. The van der Waals surface area contributed by atoms with Crippen molar-refractivity contribution < 1.29 is 8.42 Å². The van der Waals surface area contributed by atoms with Crippen molar-refractivity contribution in [3.63, 3.8) is 0 Å². The lowest BCUT2D eigenvalue weighted by Crippen LogP contribution is -2.57. The highest BCUT2D eigenvalue weighted by atomic mass is 32.2. The molecule has 0 bridgehead atoms. The molecule has 6 heteroatoms. The lowest BCUT2D eigenvalue weighted by Gasteiger charge is -2.47. The van der Waals surface area contributed by atoms with Crippen LogP contribution in [0.4, 0.5) is 0 Å². The average Bonchev–Trinajstić information content (AvgIpc) is 2.22. The highest BCUT2D eigenvalue weighted by Crippen LogP contribution is 2.35. The van der Waals surface area contributed by atoms with Gasteiger partial charge in [-0.05, 0) is 59.8 Å². The van der Waals surface area contributed by atoms with Gasteiger partial charge in [-0.1, -0.05) is 0 Å². The molecule has 0 aliphatic heterocycles. The second kappa shape index (κ2) is 6.84. The molecule has 1 aliphatic rings. The fourth-order valence-corrected chi connectivity index (χ4v) is 3.49. The zero-order chi connectivity index (χ0) is 13.6. The summed E-state index contributed by atoms with van der Waals surface area (Å²) in [4.78, 5) is 2.15. The predicted molar refractivity (Wildman–Crippen MR) is 75.2 cm³/mol. The monoisotopic (exact) mass is 277 g/mol. The number of nitrogens with zero attached hydrogens (tertiary/aromatic N) is 1. The molecular formula is C12H27N3O2S. The van der Waals surface area contributed by atoms with Gasteiger partial charge in [-0.3, -0.25) is 0 Å². The van der Waals surface area contributed by atoms with Crippen molar-refractivity contribution in [2.75, 3.05) is 40.0 Å². The molecule has 0 saturated heterocycles. The first-order chi connectivity index (χ1) is 8.42. The SMILES string of the molecule is CNCCCCS(=O)(=O)NCC1(N(C)C)CCC1. The third-order valence-electron chi connectivity index (χ3n) is 3.94. The zero-order valence-corrected chi connectivity index (χ0v) is 12.6. The first-order valence-electron chi connectivity index (χ1n) is 6.71. The number of nitrogens with one attached hydrogen (secondary N) is 2. The van der Waals surface area contributed by atoms with Crippen molar-refractivity contribution in [1.82, 2.24) is 14.9 Å². The Kier molecular flexibility index (Phi) is 6.04. The quantitative estimate of drug-likeness (QED) is 0.599. The van der Waals surface area contributed by atoms with Gasteiger partial charge in [0, 0.05) is 12.1 Å². The van der Waals surface area contributed by atoms with Crippen molar-refractivity contribution in [2.24, 2.45) is 0 Å². The number of unbranched alkanes of at least 4 members (excludes halogenated alkanes) is 1. The molecule has 1 rings (SSSR count). The van der Waals surface area contributed by atoms with Crippen LogP contribution in [0.2, 0.25) is 0 Å². The minimum atomic E-state index is -3.11. The van der Waals surface area contributed by atoms with E-state index in [0.29, 0.717) is 13.0 Å². The standard InChI is InChI=1S/C12H27N3O2S/c1-13-9-4-5-10-18(16,17)14-11-12(15(2)3)7-6-8-12/h13-14H,4-11H2,1-3H3. The molecule has 5 nitrogen and oxygen atoms in total. The fourth-order valence-electron chi connectivity index (χ4n) is 2.28. The third kappa shape index (κ3) is 4.50. The Morgan fingerprint density at radius 1 is 1.22 bits per heavy atom. The van der Waals surface area contributed by atoms with Gasteiger partial charge in [0.2, 0.25) is 10.0 Å². The summed E-state index contributed by atoms with van der Waals surface area (Å²) in [6.07, 6.45) is 4.98. The Bertz CT molecular complexity index is 337. The molecule has 1 saturated carbocycles. The minimum absolute atomic E-state index is 0.0536. The number of sulfonamides is 1. The topological polar surface area (TPSA) is 61.4 Å². The Morgan fingerprint density at radius 2 is 1.89 bits per heavy atom. The second-order valence-electron chi connectivity index (χ2n) is 5.42. The number of likely N-dealkylation sites (N-methyl/N-ethyl adjacent to an activating group) is 1. The lowest BCUT2D eigenvalue weighted by molar-refractivity contribution is 0.0657. The maximum atomic E-state index is 11.9. The van der Waals surface area contributed by atoms with E-state index >= 15 is 0 Å².